The Bertz CT molecular complexity index is 198. The van der Waals surface area contributed by atoms with Crippen molar-refractivity contribution in [1.82, 2.24) is 5.32 Å². The van der Waals surface area contributed by atoms with Crippen molar-refractivity contribution in [2.24, 2.45) is 17.6 Å². The molecule has 0 aromatic heterocycles. The summed E-state index contributed by atoms with van der Waals surface area (Å²) in [6.45, 7) is 5.40. The maximum atomic E-state index is 10.7. The van der Waals surface area contributed by atoms with Crippen LogP contribution in [0.25, 0.3) is 0 Å². The summed E-state index contributed by atoms with van der Waals surface area (Å²) in [6, 6.07) is 0.224. The summed E-state index contributed by atoms with van der Waals surface area (Å²) in [7, 11) is 0. The zero-order valence-electron chi connectivity index (χ0n) is 9.96. The molecule has 0 heterocycles. The largest absolute Gasteiger partial charge is 0.370 e. The molecule has 0 aromatic carbocycles. The second-order valence-electron chi connectivity index (χ2n) is 5.11. The van der Waals surface area contributed by atoms with Crippen LogP contribution in [0.4, 0.5) is 0 Å². The van der Waals surface area contributed by atoms with E-state index in [0.29, 0.717) is 6.42 Å². The van der Waals surface area contributed by atoms with Crippen molar-refractivity contribution < 1.29 is 4.79 Å². The molecule has 3 heteroatoms. The Hall–Kier alpha value is -0.570. The Labute approximate surface area is 92.8 Å². The number of hydrogen-bond donors (Lipinski definition) is 2. The Kier molecular flexibility index (Phi) is 5.09. The van der Waals surface area contributed by atoms with Crippen LogP contribution >= 0.6 is 0 Å². The summed E-state index contributed by atoms with van der Waals surface area (Å²) >= 11 is 0. The number of amides is 1. The minimum Gasteiger partial charge on any atom is -0.370 e. The first kappa shape index (κ1) is 12.5. The molecule has 0 spiro atoms. The summed E-state index contributed by atoms with van der Waals surface area (Å²) in [5.41, 5.74) is 5.14. The molecule has 0 aromatic rings. The van der Waals surface area contributed by atoms with Gasteiger partial charge >= 0.3 is 0 Å². The summed E-state index contributed by atoms with van der Waals surface area (Å²) in [4.78, 5) is 10.7. The summed E-state index contributed by atoms with van der Waals surface area (Å²) < 4.78 is 0. The van der Waals surface area contributed by atoms with Gasteiger partial charge in [0.25, 0.3) is 0 Å². The molecule has 1 saturated carbocycles. The molecule has 1 aliphatic rings. The number of carbonyl (C=O) groups excluding carboxylic acids is 1. The van der Waals surface area contributed by atoms with Crippen molar-refractivity contribution in [2.45, 2.75) is 52.0 Å². The topological polar surface area (TPSA) is 55.1 Å². The molecule has 0 aliphatic heterocycles. The first-order chi connectivity index (χ1) is 7.08. The lowest BCUT2D eigenvalue weighted by Crippen LogP contribution is -2.35. The van der Waals surface area contributed by atoms with Crippen molar-refractivity contribution in [1.29, 1.82) is 0 Å². The lowest BCUT2D eigenvalue weighted by Gasteiger charge is -2.27. The van der Waals surface area contributed by atoms with Crippen LogP contribution in [0.15, 0.2) is 0 Å². The maximum Gasteiger partial charge on any atom is 0.218 e. The van der Waals surface area contributed by atoms with E-state index in [0.717, 1.165) is 18.4 Å². The zero-order valence-corrected chi connectivity index (χ0v) is 9.96. The van der Waals surface area contributed by atoms with Crippen molar-refractivity contribution in [3.63, 3.8) is 0 Å². The molecule has 15 heavy (non-hydrogen) atoms. The monoisotopic (exact) mass is 212 g/mol. The molecule has 0 saturated heterocycles. The summed E-state index contributed by atoms with van der Waals surface area (Å²) in [6.07, 6.45) is 5.82. The van der Waals surface area contributed by atoms with E-state index in [1.54, 1.807) is 0 Å². The second-order valence-corrected chi connectivity index (χ2v) is 5.11. The molecule has 3 N–H and O–H groups in total. The normalized spacial score (nSPS) is 28.7. The molecule has 1 rings (SSSR count). The van der Waals surface area contributed by atoms with Crippen molar-refractivity contribution in [2.75, 3.05) is 6.54 Å². The number of nitrogens with two attached hydrogens (primary N) is 1. The van der Waals surface area contributed by atoms with Crippen molar-refractivity contribution in [3.05, 3.63) is 0 Å². The number of carbonyl (C=O) groups is 1. The molecule has 88 valence electrons. The third kappa shape index (κ3) is 5.17. The molecule has 0 bridgehead atoms. The molecule has 1 amide bonds. The van der Waals surface area contributed by atoms with E-state index in [1.165, 1.54) is 25.7 Å². The van der Waals surface area contributed by atoms with Gasteiger partial charge in [-0.05, 0) is 38.1 Å². The van der Waals surface area contributed by atoms with Crippen molar-refractivity contribution >= 4 is 5.91 Å². The lowest BCUT2D eigenvalue weighted by molar-refractivity contribution is -0.118. The standard InChI is InChI=1S/C12H24N2O/c1-9-3-5-11(6-4-9)8-14-10(2)7-12(13)15/h9-11,14H,3-8H2,1-2H3,(H2,13,15). The predicted octanol–water partition coefficient (Wildman–Crippen LogP) is 1.67. The van der Waals surface area contributed by atoms with E-state index in [2.05, 4.69) is 12.2 Å². The van der Waals surface area contributed by atoms with Gasteiger partial charge in [-0.1, -0.05) is 19.8 Å². The highest BCUT2D eigenvalue weighted by molar-refractivity contribution is 5.74. The van der Waals surface area contributed by atoms with Gasteiger partial charge in [0.05, 0.1) is 0 Å². The van der Waals surface area contributed by atoms with E-state index in [4.69, 9.17) is 5.73 Å². The van der Waals surface area contributed by atoms with Gasteiger partial charge in [-0.25, -0.2) is 0 Å². The van der Waals surface area contributed by atoms with Gasteiger partial charge < -0.3 is 11.1 Å². The third-order valence-corrected chi connectivity index (χ3v) is 3.40. The van der Waals surface area contributed by atoms with Crippen LogP contribution < -0.4 is 11.1 Å². The minimum atomic E-state index is -0.215. The molecule has 0 radical (unpaired) electrons. The van der Waals surface area contributed by atoms with Crippen LogP contribution in [0.2, 0.25) is 0 Å². The van der Waals surface area contributed by atoms with E-state index in [9.17, 15) is 4.79 Å². The predicted molar refractivity (Wildman–Crippen MR) is 62.4 cm³/mol. The summed E-state index contributed by atoms with van der Waals surface area (Å²) in [5.74, 6) is 1.49. The number of nitrogens with one attached hydrogen (secondary N) is 1. The average molecular weight is 212 g/mol. The van der Waals surface area contributed by atoms with E-state index in [-0.39, 0.29) is 11.9 Å². The quantitative estimate of drug-likeness (QED) is 0.728. The van der Waals surface area contributed by atoms with Gasteiger partial charge in [-0.2, -0.15) is 0 Å². The minimum absolute atomic E-state index is 0.215. The molecule has 1 atom stereocenters. The van der Waals surface area contributed by atoms with E-state index in [1.807, 2.05) is 6.92 Å². The van der Waals surface area contributed by atoms with Gasteiger partial charge in [0.15, 0.2) is 0 Å². The first-order valence-corrected chi connectivity index (χ1v) is 6.09. The van der Waals surface area contributed by atoms with Crippen LogP contribution in [0.5, 0.6) is 0 Å². The van der Waals surface area contributed by atoms with Crippen LogP contribution in [-0.2, 0) is 4.79 Å². The van der Waals surface area contributed by atoms with Crippen LogP contribution in [0, 0.1) is 11.8 Å². The highest BCUT2D eigenvalue weighted by atomic mass is 16.1. The van der Waals surface area contributed by atoms with Crippen LogP contribution in [0.1, 0.15) is 46.0 Å². The average Bonchev–Trinajstić information content (AvgIpc) is 2.16. The fourth-order valence-electron chi connectivity index (χ4n) is 2.28. The Morgan fingerprint density at radius 2 is 2.00 bits per heavy atom. The van der Waals surface area contributed by atoms with Gasteiger partial charge in [-0.15, -0.1) is 0 Å². The van der Waals surface area contributed by atoms with E-state index >= 15 is 0 Å². The Balaban J connectivity index is 2.11. The molecule has 1 aliphatic carbocycles. The zero-order chi connectivity index (χ0) is 11.3. The highest BCUT2D eigenvalue weighted by Crippen LogP contribution is 2.27. The van der Waals surface area contributed by atoms with E-state index < -0.39 is 0 Å². The number of hydrogen-bond acceptors (Lipinski definition) is 2. The van der Waals surface area contributed by atoms with Crippen molar-refractivity contribution in [3.8, 4) is 0 Å². The SMILES string of the molecule is CC1CCC(CNC(C)CC(N)=O)CC1. The summed E-state index contributed by atoms with van der Waals surface area (Å²) in [5, 5.41) is 3.40. The van der Waals surface area contributed by atoms with Crippen LogP contribution in [0.3, 0.4) is 0 Å². The first-order valence-electron chi connectivity index (χ1n) is 6.09. The molecule has 1 fully saturated rings. The van der Waals surface area contributed by atoms with Gasteiger partial charge in [0.2, 0.25) is 5.91 Å². The Morgan fingerprint density at radius 1 is 1.40 bits per heavy atom. The lowest BCUT2D eigenvalue weighted by atomic mass is 9.83. The van der Waals surface area contributed by atoms with Crippen LogP contribution in [-0.4, -0.2) is 18.5 Å². The second kappa shape index (κ2) is 6.11. The smallest absolute Gasteiger partial charge is 0.218 e. The number of primary amides is 1. The molecular weight excluding hydrogens is 188 g/mol. The fraction of sp³-hybridized carbons (Fsp3) is 0.917. The maximum absolute atomic E-state index is 10.7. The number of rotatable bonds is 5. The Morgan fingerprint density at radius 3 is 2.53 bits per heavy atom. The third-order valence-electron chi connectivity index (χ3n) is 3.40. The van der Waals surface area contributed by atoms with Gasteiger partial charge in [0.1, 0.15) is 0 Å². The highest BCUT2D eigenvalue weighted by Gasteiger charge is 2.18. The van der Waals surface area contributed by atoms with Gasteiger partial charge in [0, 0.05) is 12.5 Å². The molecular formula is C12H24N2O. The fourth-order valence-corrected chi connectivity index (χ4v) is 2.28. The molecule has 1 unspecified atom stereocenters. The molecule has 3 nitrogen and oxygen atoms in total. The van der Waals surface area contributed by atoms with Gasteiger partial charge in [-0.3, -0.25) is 4.79 Å².